The van der Waals surface area contributed by atoms with Gasteiger partial charge < -0.3 is 0 Å². The molecule has 0 radical (unpaired) electrons. The maximum Gasteiger partial charge on any atom is 0.267 e. The van der Waals surface area contributed by atoms with Crippen LogP contribution in [-0.4, -0.2) is 14.4 Å². The zero-order valence-electron chi connectivity index (χ0n) is 13.0. The largest absolute Gasteiger partial charge is 0.268 e. The van der Waals surface area contributed by atoms with Crippen molar-refractivity contribution in [2.45, 2.75) is 26.2 Å². The topological polar surface area (TPSA) is 47.3 Å². The van der Waals surface area contributed by atoms with Crippen molar-refractivity contribution in [1.82, 2.24) is 14.4 Å². The minimum Gasteiger partial charge on any atom is -0.268 e. The molecule has 0 atom stereocenters. The average Bonchev–Trinajstić information content (AvgIpc) is 2.60. The van der Waals surface area contributed by atoms with Gasteiger partial charge in [0.1, 0.15) is 5.82 Å². The molecule has 0 fully saturated rings. The summed E-state index contributed by atoms with van der Waals surface area (Å²) in [5.74, 6) is 0.795. The van der Waals surface area contributed by atoms with Crippen LogP contribution >= 0.6 is 0 Å². The molecule has 4 aromatic rings. The first-order valence-electron chi connectivity index (χ1n) is 7.98. The van der Waals surface area contributed by atoms with E-state index in [1.807, 2.05) is 48.5 Å². The quantitative estimate of drug-likeness (QED) is 0.428. The van der Waals surface area contributed by atoms with Gasteiger partial charge in [0.2, 0.25) is 0 Å². The second-order valence-electron chi connectivity index (χ2n) is 5.74. The van der Waals surface area contributed by atoms with Crippen LogP contribution in [0.2, 0.25) is 0 Å². The average molecular weight is 303 g/mol. The Morgan fingerprint density at radius 1 is 0.913 bits per heavy atom. The van der Waals surface area contributed by atoms with Crippen molar-refractivity contribution in [3.05, 3.63) is 64.7 Å². The maximum atomic E-state index is 13.0. The van der Waals surface area contributed by atoms with Gasteiger partial charge in [0.05, 0.1) is 16.4 Å². The predicted molar refractivity (Wildman–Crippen MR) is 92.9 cm³/mol. The summed E-state index contributed by atoms with van der Waals surface area (Å²) in [6.45, 7) is 2.14. The monoisotopic (exact) mass is 303 g/mol. The number of nitrogens with zero attached hydrogens (tertiary/aromatic N) is 3. The molecule has 0 saturated heterocycles. The lowest BCUT2D eigenvalue weighted by Gasteiger charge is -2.11. The summed E-state index contributed by atoms with van der Waals surface area (Å²) in [5, 5.41) is 1.55. The highest BCUT2D eigenvalue weighted by Gasteiger charge is 2.13. The lowest BCUT2D eigenvalue weighted by molar-refractivity contribution is 0.737. The first kappa shape index (κ1) is 13.9. The summed E-state index contributed by atoms with van der Waals surface area (Å²) in [5.41, 5.74) is 2.29. The Morgan fingerprint density at radius 3 is 2.30 bits per heavy atom. The molecule has 0 amide bonds. The first-order valence-corrected chi connectivity index (χ1v) is 7.98. The van der Waals surface area contributed by atoms with Crippen molar-refractivity contribution in [2.75, 3.05) is 0 Å². The number of aromatic nitrogens is 3. The van der Waals surface area contributed by atoms with Crippen LogP contribution < -0.4 is 5.56 Å². The smallest absolute Gasteiger partial charge is 0.267 e. The van der Waals surface area contributed by atoms with Gasteiger partial charge in [-0.1, -0.05) is 37.6 Å². The molecule has 0 bridgehead atoms. The van der Waals surface area contributed by atoms with E-state index in [1.165, 1.54) is 0 Å². The number of fused-ring (bicyclic) bond motifs is 4. The second-order valence-corrected chi connectivity index (χ2v) is 5.74. The van der Waals surface area contributed by atoms with Crippen LogP contribution in [0, 0.1) is 0 Å². The minimum atomic E-state index is -0.0324. The Kier molecular flexibility index (Phi) is 3.30. The van der Waals surface area contributed by atoms with E-state index in [0.717, 1.165) is 41.5 Å². The zero-order valence-corrected chi connectivity index (χ0v) is 13.0. The summed E-state index contributed by atoms with van der Waals surface area (Å²) in [6, 6.07) is 15.4. The van der Waals surface area contributed by atoms with Gasteiger partial charge in [-0.15, -0.1) is 0 Å². The number of para-hydroxylation sites is 2. The summed E-state index contributed by atoms with van der Waals surface area (Å²) in [4.78, 5) is 22.5. The van der Waals surface area contributed by atoms with E-state index in [1.54, 1.807) is 4.40 Å². The third-order valence-corrected chi connectivity index (χ3v) is 4.18. The molecule has 0 unspecified atom stereocenters. The SMILES string of the molecule is CCCCc1nc2ccccc2c2nc3ccccc3c(=O)n12. The summed E-state index contributed by atoms with van der Waals surface area (Å²) in [6.07, 6.45) is 2.84. The van der Waals surface area contributed by atoms with E-state index < -0.39 is 0 Å². The van der Waals surface area contributed by atoms with E-state index in [4.69, 9.17) is 9.97 Å². The van der Waals surface area contributed by atoms with Gasteiger partial charge in [-0.05, 0) is 30.7 Å². The van der Waals surface area contributed by atoms with Crippen molar-refractivity contribution < 1.29 is 0 Å². The fraction of sp³-hybridized carbons (Fsp3) is 0.211. The van der Waals surface area contributed by atoms with Gasteiger partial charge in [0.25, 0.3) is 5.56 Å². The van der Waals surface area contributed by atoms with Gasteiger partial charge in [0, 0.05) is 11.8 Å². The molecule has 0 spiro atoms. The highest BCUT2D eigenvalue weighted by molar-refractivity contribution is 5.93. The standard InChI is InChI=1S/C19H17N3O/c1-2-3-12-17-20-15-10-6-4-8-13(15)18-21-16-11-7-5-9-14(16)19(23)22(17)18/h4-11H,2-3,12H2,1H3. The minimum absolute atomic E-state index is 0.0324. The van der Waals surface area contributed by atoms with E-state index >= 15 is 0 Å². The van der Waals surface area contributed by atoms with Crippen molar-refractivity contribution >= 4 is 27.5 Å². The molecular weight excluding hydrogens is 286 g/mol. The van der Waals surface area contributed by atoms with E-state index in [-0.39, 0.29) is 5.56 Å². The predicted octanol–water partition coefficient (Wildman–Crippen LogP) is 3.74. The molecule has 4 heteroatoms. The van der Waals surface area contributed by atoms with Crippen LogP contribution in [0.1, 0.15) is 25.6 Å². The molecule has 2 aromatic heterocycles. The maximum absolute atomic E-state index is 13.0. The molecule has 0 aliphatic carbocycles. The van der Waals surface area contributed by atoms with Crippen molar-refractivity contribution in [1.29, 1.82) is 0 Å². The molecule has 0 aliphatic rings. The van der Waals surface area contributed by atoms with Crippen molar-refractivity contribution in [3.63, 3.8) is 0 Å². The number of aryl methyl sites for hydroxylation is 1. The molecule has 23 heavy (non-hydrogen) atoms. The highest BCUT2D eigenvalue weighted by Crippen LogP contribution is 2.20. The number of rotatable bonds is 3. The van der Waals surface area contributed by atoms with Crippen LogP contribution in [0.15, 0.2) is 53.3 Å². The molecular formula is C19H17N3O. The molecule has 4 nitrogen and oxygen atoms in total. The Morgan fingerprint density at radius 2 is 1.57 bits per heavy atom. The molecule has 0 saturated carbocycles. The summed E-state index contributed by atoms with van der Waals surface area (Å²) in [7, 11) is 0. The molecule has 0 N–H and O–H groups in total. The first-order chi connectivity index (χ1) is 11.3. The second kappa shape index (κ2) is 5.47. The fourth-order valence-electron chi connectivity index (χ4n) is 3.00. The normalized spacial score (nSPS) is 11.5. The summed E-state index contributed by atoms with van der Waals surface area (Å²) >= 11 is 0. The molecule has 0 aliphatic heterocycles. The number of benzene rings is 2. The molecule has 2 aromatic carbocycles. The Bertz CT molecular complexity index is 1080. The van der Waals surface area contributed by atoms with Gasteiger partial charge in [-0.3, -0.25) is 4.79 Å². The Labute approximate surface area is 133 Å². The lowest BCUT2D eigenvalue weighted by Crippen LogP contribution is -2.20. The summed E-state index contributed by atoms with van der Waals surface area (Å²) < 4.78 is 1.69. The van der Waals surface area contributed by atoms with Crippen LogP contribution in [0.4, 0.5) is 0 Å². The van der Waals surface area contributed by atoms with Gasteiger partial charge in [0.15, 0.2) is 5.65 Å². The van der Waals surface area contributed by atoms with E-state index in [0.29, 0.717) is 11.0 Å². The highest BCUT2D eigenvalue weighted by atomic mass is 16.1. The van der Waals surface area contributed by atoms with E-state index in [2.05, 4.69) is 6.92 Å². The van der Waals surface area contributed by atoms with Crippen LogP contribution in [0.25, 0.3) is 27.5 Å². The number of unbranched alkanes of at least 4 members (excludes halogenated alkanes) is 1. The molecule has 114 valence electrons. The third kappa shape index (κ3) is 2.18. The number of hydrogen-bond acceptors (Lipinski definition) is 3. The van der Waals surface area contributed by atoms with Gasteiger partial charge >= 0.3 is 0 Å². The van der Waals surface area contributed by atoms with Crippen LogP contribution in [0.5, 0.6) is 0 Å². The van der Waals surface area contributed by atoms with Gasteiger partial charge in [-0.25, -0.2) is 14.4 Å². The van der Waals surface area contributed by atoms with Crippen LogP contribution in [0.3, 0.4) is 0 Å². The fourth-order valence-corrected chi connectivity index (χ4v) is 3.00. The van der Waals surface area contributed by atoms with Crippen LogP contribution in [-0.2, 0) is 6.42 Å². The van der Waals surface area contributed by atoms with Gasteiger partial charge in [-0.2, -0.15) is 0 Å². The number of hydrogen-bond donors (Lipinski definition) is 0. The van der Waals surface area contributed by atoms with E-state index in [9.17, 15) is 4.79 Å². The molecule has 2 heterocycles. The Hall–Kier alpha value is -2.75. The van der Waals surface area contributed by atoms with Crippen molar-refractivity contribution in [3.8, 4) is 0 Å². The lowest BCUT2D eigenvalue weighted by atomic mass is 10.2. The molecule has 4 rings (SSSR count). The van der Waals surface area contributed by atoms with Crippen molar-refractivity contribution in [2.24, 2.45) is 0 Å². The third-order valence-electron chi connectivity index (χ3n) is 4.18. The zero-order chi connectivity index (χ0) is 15.8. The Balaban J connectivity index is 2.21.